The number of carboxylic acid groups (broad SMARTS) is 1. The summed E-state index contributed by atoms with van der Waals surface area (Å²) >= 11 is 0. The fourth-order valence-corrected chi connectivity index (χ4v) is 2.02. The van der Waals surface area contributed by atoms with Gasteiger partial charge in [-0.25, -0.2) is 9.97 Å². The van der Waals surface area contributed by atoms with E-state index >= 15 is 0 Å². The zero-order chi connectivity index (χ0) is 12.3. The van der Waals surface area contributed by atoms with Gasteiger partial charge in [0.05, 0.1) is 0 Å². The molecule has 1 aliphatic rings. The lowest BCUT2D eigenvalue weighted by molar-refractivity contribution is -0.135. The molecule has 1 aliphatic heterocycles. The van der Waals surface area contributed by atoms with Gasteiger partial charge in [-0.1, -0.05) is 0 Å². The van der Waals surface area contributed by atoms with E-state index in [0.717, 1.165) is 31.7 Å². The standard InChI is InChI=1S/C11H16N4O2/c1-14(8-9(16)17)10-11(13-5-4-12-10)15-6-2-3-7-15/h4-5H,2-3,6-8H2,1H3,(H,16,17). The molecule has 1 aromatic rings. The van der Waals surface area contributed by atoms with Gasteiger partial charge in [-0.2, -0.15) is 0 Å². The molecule has 0 atom stereocenters. The maximum atomic E-state index is 10.7. The van der Waals surface area contributed by atoms with Gasteiger partial charge in [0.1, 0.15) is 6.54 Å². The number of likely N-dealkylation sites (N-methyl/N-ethyl adjacent to an activating group) is 1. The third kappa shape index (κ3) is 2.64. The van der Waals surface area contributed by atoms with E-state index in [1.165, 1.54) is 0 Å². The predicted octanol–water partition coefficient (Wildman–Crippen LogP) is 0.598. The first kappa shape index (κ1) is 11.6. The van der Waals surface area contributed by atoms with E-state index in [-0.39, 0.29) is 6.54 Å². The highest BCUT2D eigenvalue weighted by Gasteiger charge is 2.20. The molecule has 1 fully saturated rings. The molecular formula is C11H16N4O2. The molecule has 6 nitrogen and oxygen atoms in total. The molecule has 0 aliphatic carbocycles. The van der Waals surface area contributed by atoms with Gasteiger partial charge in [-0.15, -0.1) is 0 Å². The lowest BCUT2D eigenvalue weighted by atomic mass is 10.4. The Bertz CT molecular complexity index is 404. The molecule has 0 bridgehead atoms. The number of hydrogen-bond donors (Lipinski definition) is 1. The number of carboxylic acids is 1. The van der Waals surface area contributed by atoms with Crippen molar-refractivity contribution >= 4 is 17.6 Å². The summed E-state index contributed by atoms with van der Waals surface area (Å²) in [7, 11) is 1.72. The fraction of sp³-hybridized carbons (Fsp3) is 0.545. The van der Waals surface area contributed by atoms with Crippen LogP contribution in [0.1, 0.15) is 12.8 Å². The van der Waals surface area contributed by atoms with Gasteiger partial charge < -0.3 is 14.9 Å². The van der Waals surface area contributed by atoms with E-state index in [9.17, 15) is 4.79 Å². The Morgan fingerprint density at radius 1 is 1.41 bits per heavy atom. The minimum Gasteiger partial charge on any atom is -0.480 e. The Kier molecular flexibility index (Phi) is 3.41. The molecule has 0 aromatic carbocycles. The van der Waals surface area contributed by atoms with E-state index < -0.39 is 5.97 Å². The number of aromatic nitrogens is 2. The summed E-state index contributed by atoms with van der Waals surface area (Å²) in [5.41, 5.74) is 0. The van der Waals surface area contributed by atoms with Gasteiger partial charge in [-0.3, -0.25) is 4.79 Å². The van der Waals surface area contributed by atoms with Crippen LogP contribution in [0.25, 0.3) is 0 Å². The summed E-state index contributed by atoms with van der Waals surface area (Å²) in [6.45, 7) is 1.86. The zero-order valence-corrected chi connectivity index (χ0v) is 9.83. The van der Waals surface area contributed by atoms with Crippen LogP contribution in [0.4, 0.5) is 11.6 Å². The average Bonchev–Trinajstić information content (AvgIpc) is 2.81. The lowest BCUT2D eigenvalue weighted by Crippen LogP contribution is -2.29. The van der Waals surface area contributed by atoms with Crippen LogP contribution in [0, 0.1) is 0 Å². The molecule has 0 unspecified atom stereocenters. The first-order chi connectivity index (χ1) is 8.18. The topological polar surface area (TPSA) is 69.6 Å². The summed E-state index contributed by atoms with van der Waals surface area (Å²) < 4.78 is 0. The molecule has 0 amide bonds. The number of rotatable bonds is 4. The first-order valence-corrected chi connectivity index (χ1v) is 5.67. The molecule has 17 heavy (non-hydrogen) atoms. The molecule has 1 saturated heterocycles. The highest BCUT2D eigenvalue weighted by molar-refractivity contribution is 5.75. The Balaban J connectivity index is 2.23. The third-order valence-electron chi connectivity index (χ3n) is 2.80. The van der Waals surface area contributed by atoms with Crippen molar-refractivity contribution < 1.29 is 9.90 Å². The predicted molar refractivity (Wildman–Crippen MR) is 64.4 cm³/mol. The van der Waals surface area contributed by atoms with Crippen LogP contribution >= 0.6 is 0 Å². The first-order valence-electron chi connectivity index (χ1n) is 5.67. The molecule has 2 heterocycles. The van der Waals surface area contributed by atoms with Crippen LogP contribution < -0.4 is 9.80 Å². The molecule has 0 radical (unpaired) electrons. The van der Waals surface area contributed by atoms with Crippen molar-refractivity contribution in [2.45, 2.75) is 12.8 Å². The Hall–Kier alpha value is -1.85. The minimum absolute atomic E-state index is 0.0699. The van der Waals surface area contributed by atoms with Gasteiger partial charge in [0.25, 0.3) is 0 Å². The van der Waals surface area contributed by atoms with Crippen molar-refractivity contribution in [2.24, 2.45) is 0 Å². The quantitative estimate of drug-likeness (QED) is 0.825. The number of anilines is 2. The smallest absolute Gasteiger partial charge is 0.323 e. The fourth-order valence-electron chi connectivity index (χ4n) is 2.02. The van der Waals surface area contributed by atoms with E-state index in [4.69, 9.17) is 5.11 Å². The van der Waals surface area contributed by atoms with Crippen molar-refractivity contribution in [1.29, 1.82) is 0 Å². The van der Waals surface area contributed by atoms with E-state index in [0.29, 0.717) is 5.82 Å². The zero-order valence-electron chi connectivity index (χ0n) is 9.83. The van der Waals surface area contributed by atoms with E-state index in [2.05, 4.69) is 14.9 Å². The van der Waals surface area contributed by atoms with Gasteiger partial charge >= 0.3 is 5.97 Å². The lowest BCUT2D eigenvalue weighted by Gasteiger charge is -2.23. The SMILES string of the molecule is CN(CC(=O)O)c1nccnc1N1CCCC1. The monoisotopic (exact) mass is 236 g/mol. The summed E-state index contributed by atoms with van der Waals surface area (Å²) in [6.07, 6.45) is 5.54. The second-order valence-corrected chi connectivity index (χ2v) is 4.15. The van der Waals surface area contributed by atoms with Crippen LogP contribution in [0.15, 0.2) is 12.4 Å². The van der Waals surface area contributed by atoms with E-state index in [1.54, 1.807) is 24.3 Å². The van der Waals surface area contributed by atoms with Crippen LogP contribution in [-0.2, 0) is 4.79 Å². The van der Waals surface area contributed by atoms with Crippen molar-refractivity contribution in [2.75, 3.05) is 36.5 Å². The molecule has 1 aromatic heterocycles. The third-order valence-corrected chi connectivity index (χ3v) is 2.80. The van der Waals surface area contributed by atoms with E-state index in [1.807, 2.05) is 0 Å². The summed E-state index contributed by atoms with van der Waals surface area (Å²) in [4.78, 5) is 23.0. The average molecular weight is 236 g/mol. The summed E-state index contributed by atoms with van der Waals surface area (Å²) in [5, 5.41) is 8.80. The molecule has 0 saturated carbocycles. The Labute approximate surface area is 99.9 Å². The molecule has 0 spiro atoms. The van der Waals surface area contributed by atoms with Gasteiger partial charge in [-0.05, 0) is 12.8 Å². The summed E-state index contributed by atoms with van der Waals surface area (Å²) in [5.74, 6) is 0.552. The van der Waals surface area contributed by atoms with Gasteiger partial charge in [0.2, 0.25) is 0 Å². The largest absolute Gasteiger partial charge is 0.480 e. The second-order valence-electron chi connectivity index (χ2n) is 4.15. The highest BCUT2D eigenvalue weighted by Crippen LogP contribution is 2.26. The molecule has 92 valence electrons. The maximum Gasteiger partial charge on any atom is 0.323 e. The number of carbonyl (C=O) groups is 1. The number of nitrogens with zero attached hydrogens (tertiary/aromatic N) is 4. The van der Waals surface area contributed by atoms with Crippen molar-refractivity contribution in [3.05, 3.63) is 12.4 Å². The van der Waals surface area contributed by atoms with Crippen molar-refractivity contribution in [3.8, 4) is 0 Å². The maximum absolute atomic E-state index is 10.7. The minimum atomic E-state index is -0.870. The van der Waals surface area contributed by atoms with Crippen LogP contribution in [0.5, 0.6) is 0 Å². The van der Waals surface area contributed by atoms with Gasteiger partial charge in [0, 0.05) is 32.5 Å². The Morgan fingerprint density at radius 3 is 2.71 bits per heavy atom. The molecule has 6 heteroatoms. The van der Waals surface area contributed by atoms with Crippen molar-refractivity contribution in [3.63, 3.8) is 0 Å². The highest BCUT2D eigenvalue weighted by atomic mass is 16.4. The normalized spacial score (nSPS) is 15.0. The van der Waals surface area contributed by atoms with Crippen LogP contribution in [0.3, 0.4) is 0 Å². The van der Waals surface area contributed by atoms with Gasteiger partial charge in [0.15, 0.2) is 11.6 Å². The molecular weight excluding hydrogens is 220 g/mol. The summed E-state index contributed by atoms with van der Waals surface area (Å²) in [6, 6.07) is 0. The second kappa shape index (κ2) is 4.99. The molecule has 2 rings (SSSR count). The number of hydrogen-bond acceptors (Lipinski definition) is 5. The van der Waals surface area contributed by atoms with Crippen molar-refractivity contribution in [1.82, 2.24) is 9.97 Å². The van der Waals surface area contributed by atoms with Crippen LogP contribution in [-0.4, -0.2) is 47.7 Å². The number of aliphatic carboxylic acids is 1. The Morgan fingerprint density at radius 2 is 2.06 bits per heavy atom. The van der Waals surface area contributed by atoms with Crippen LogP contribution in [0.2, 0.25) is 0 Å². The molecule has 1 N–H and O–H groups in total.